The molecule has 1 fully saturated rings. The molecule has 1 amide bonds. The highest BCUT2D eigenvalue weighted by Crippen LogP contribution is 2.25. The second-order valence-electron chi connectivity index (χ2n) is 5.28. The molecule has 1 aliphatic heterocycles. The third-order valence-electron chi connectivity index (χ3n) is 3.63. The molecule has 8 nitrogen and oxygen atoms in total. The lowest BCUT2D eigenvalue weighted by molar-refractivity contribution is -0.384. The highest BCUT2D eigenvalue weighted by Gasteiger charge is 2.13. The first-order valence-corrected chi connectivity index (χ1v) is 8.45. The number of ether oxygens (including phenoxy) is 1. The molecule has 1 aromatic carbocycles. The Bertz CT molecular complexity index is 782. The van der Waals surface area contributed by atoms with Gasteiger partial charge in [0, 0.05) is 35.7 Å². The van der Waals surface area contributed by atoms with Gasteiger partial charge in [-0.25, -0.2) is 5.43 Å². The Morgan fingerprint density at radius 2 is 1.96 bits per heavy atom. The minimum absolute atomic E-state index is 0.0609. The summed E-state index contributed by atoms with van der Waals surface area (Å²) in [4.78, 5) is 25.2. The number of nitrogens with zero attached hydrogens (tertiary/aromatic N) is 3. The van der Waals surface area contributed by atoms with Crippen LogP contribution in [0.3, 0.4) is 0 Å². The number of benzene rings is 1. The summed E-state index contributed by atoms with van der Waals surface area (Å²) in [5, 5.41) is 15.7. The molecule has 0 atom stereocenters. The predicted octanol–water partition coefficient (Wildman–Crippen LogP) is 2.26. The largest absolute Gasteiger partial charge is 0.378 e. The smallest absolute Gasteiger partial charge is 0.271 e. The average Bonchev–Trinajstić information content (AvgIpc) is 3.11. The summed E-state index contributed by atoms with van der Waals surface area (Å²) in [6, 6.07) is 9.32. The number of hydrogen-bond acceptors (Lipinski definition) is 7. The van der Waals surface area contributed by atoms with Crippen LogP contribution in [0.5, 0.6) is 0 Å². The fourth-order valence-corrected chi connectivity index (χ4v) is 3.25. The van der Waals surface area contributed by atoms with Gasteiger partial charge in [-0.15, -0.1) is 11.3 Å². The number of morpholine rings is 1. The normalized spacial score (nSPS) is 14.6. The maximum Gasteiger partial charge on any atom is 0.271 e. The molecule has 0 unspecified atom stereocenters. The van der Waals surface area contributed by atoms with Crippen molar-refractivity contribution in [3.05, 3.63) is 57.0 Å². The van der Waals surface area contributed by atoms with Crippen molar-refractivity contribution >= 4 is 34.1 Å². The number of anilines is 1. The number of amides is 1. The van der Waals surface area contributed by atoms with Crippen LogP contribution in [0.4, 0.5) is 10.7 Å². The number of carbonyl (C=O) groups excluding carboxylic acids is 1. The van der Waals surface area contributed by atoms with E-state index in [1.807, 2.05) is 12.1 Å². The first kappa shape index (κ1) is 17.1. The van der Waals surface area contributed by atoms with E-state index < -0.39 is 10.8 Å². The predicted molar refractivity (Wildman–Crippen MR) is 95.5 cm³/mol. The van der Waals surface area contributed by atoms with Crippen LogP contribution in [0.15, 0.2) is 41.5 Å². The minimum atomic E-state index is -0.511. The zero-order valence-corrected chi connectivity index (χ0v) is 14.1. The Labute approximate surface area is 147 Å². The van der Waals surface area contributed by atoms with E-state index in [1.54, 1.807) is 17.6 Å². The van der Waals surface area contributed by atoms with E-state index in [0.717, 1.165) is 36.2 Å². The third kappa shape index (κ3) is 4.40. The molecule has 2 aromatic rings. The summed E-state index contributed by atoms with van der Waals surface area (Å²) in [5.74, 6) is -0.420. The van der Waals surface area contributed by atoms with Gasteiger partial charge >= 0.3 is 0 Å². The monoisotopic (exact) mass is 360 g/mol. The van der Waals surface area contributed by atoms with E-state index in [0.29, 0.717) is 5.56 Å². The maximum atomic E-state index is 12.0. The van der Waals surface area contributed by atoms with Crippen molar-refractivity contribution in [1.82, 2.24) is 5.43 Å². The van der Waals surface area contributed by atoms with Crippen LogP contribution in [-0.2, 0) is 4.74 Å². The molecule has 0 spiro atoms. The molecule has 0 aliphatic carbocycles. The van der Waals surface area contributed by atoms with Crippen molar-refractivity contribution < 1.29 is 14.5 Å². The van der Waals surface area contributed by atoms with E-state index in [2.05, 4.69) is 15.4 Å². The Hall–Kier alpha value is -2.78. The van der Waals surface area contributed by atoms with Crippen molar-refractivity contribution in [2.45, 2.75) is 0 Å². The number of hydrazone groups is 1. The number of nitrogens with one attached hydrogen (secondary N) is 1. The molecule has 2 heterocycles. The van der Waals surface area contributed by atoms with E-state index in [1.165, 1.54) is 24.3 Å². The van der Waals surface area contributed by atoms with Gasteiger partial charge in [0.05, 0.1) is 29.4 Å². The maximum absolute atomic E-state index is 12.0. The van der Waals surface area contributed by atoms with Gasteiger partial charge in [0.15, 0.2) is 0 Å². The second kappa shape index (κ2) is 7.86. The molecular formula is C16H16N4O4S. The van der Waals surface area contributed by atoms with Crippen molar-refractivity contribution in [2.75, 3.05) is 31.2 Å². The highest BCUT2D eigenvalue weighted by atomic mass is 32.1. The number of thiophene rings is 1. The average molecular weight is 360 g/mol. The van der Waals surface area contributed by atoms with Crippen LogP contribution in [0.2, 0.25) is 0 Å². The summed E-state index contributed by atoms with van der Waals surface area (Å²) >= 11 is 1.59. The molecule has 1 N–H and O–H groups in total. The van der Waals surface area contributed by atoms with Crippen LogP contribution < -0.4 is 10.3 Å². The van der Waals surface area contributed by atoms with Crippen LogP contribution in [0, 0.1) is 10.1 Å². The number of carbonyl (C=O) groups is 1. The lowest BCUT2D eigenvalue weighted by Crippen LogP contribution is -2.35. The van der Waals surface area contributed by atoms with E-state index >= 15 is 0 Å². The molecule has 1 saturated heterocycles. The van der Waals surface area contributed by atoms with Gasteiger partial charge in [0.25, 0.3) is 11.6 Å². The standard InChI is InChI=1S/C16H16N4O4S/c21-16(12-1-3-13(4-2-12)20(22)23)18-17-11-14-5-6-15(25-14)19-7-9-24-10-8-19/h1-6,11H,7-10H2,(H,18,21)/b17-11+. The molecule has 1 aromatic heterocycles. The molecule has 0 saturated carbocycles. The van der Waals surface area contributed by atoms with Crippen LogP contribution in [-0.4, -0.2) is 43.3 Å². The van der Waals surface area contributed by atoms with Crippen molar-refractivity contribution in [1.29, 1.82) is 0 Å². The Balaban J connectivity index is 1.56. The van der Waals surface area contributed by atoms with E-state index in [-0.39, 0.29) is 5.69 Å². The molecule has 130 valence electrons. The van der Waals surface area contributed by atoms with Crippen LogP contribution in [0.25, 0.3) is 0 Å². The molecule has 25 heavy (non-hydrogen) atoms. The number of nitro groups is 1. The van der Waals surface area contributed by atoms with E-state index in [9.17, 15) is 14.9 Å². The van der Waals surface area contributed by atoms with Crippen LogP contribution >= 0.6 is 11.3 Å². The quantitative estimate of drug-likeness (QED) is 0.501. The summed E-state index contributed by atoms with van der Waals surface area (Å²) < 4.78 is 5.33. The number of non-ortho nitro benzene ring substituents is 1. The van der Waals surface area contributed by atoms with Gasteiger partial charge in [-0.2, -0.15) is 5.10 Å². The summed E-state index contributed by atoms with van der Waals surface area (Å²) in [6.07, 6.45) is 1.58. The van der Waals surface area contributed by atoms with Gasteiger partial charge in [-0.05, 0) is 24.3 Å². The lowest BCUT2D eigenvalue weighted by Gasteiger charge is -2.27. The van der Waals surface area contributed by atoms with Crippen molar-refractivity contribution in [2.24, 2.45) is 5.10 Å². The SMILES string of the molecule is O=C(N/N=C/c1ccc(N2CCOCC2)s1)c1ccc([N+](=O)[O-])cc1. The molecule has 9 heteroatoms. The van der Waals surface area contributed by atoms with Crippen molar-refractivity contribution in [3.63, 3.8) is 0 Å². The van der Waals surface area contributed by atoms with Gasteiger partial charge < -0.3 is 9.64 Å². The molecule has 0 bridgehead atoms. The lowest BCUT2D eigenvalue weighted by atomic mass is 10.2. The first-order valence-electron chi connectivity index (χ1n) is 7.64. The summed E-state index contributed by atoms with van der Waals surface area (Å²) in [7, 11) is 0. The zero-order chi connectivity index (χ0) is 17.6. The Kier molecular flexibility index (Phi) is 5.36. The Morgan fingerprint density at radius 3 is 2.64 bits per heavy atom. The summed E-state index contributed by atoms with van der Waals surface area (Å²) in [5.41, 5.74) is 2.67. The Morgan fingerprint density at radius 1 is 1.24 bits per heavy atom. The zero-order valence-electron chi connectivity index (χ0n) is 13.3. The highest BCUT2D eigenvalue weighted by molar-refractivity contribution is 7.17. The number of rotatable bonds is 5. The molecular weight excluding hydrogens is 344 g/mol. The summed E-state index contributed by atoms with van der Waals surface area (Å²) in [6.45, 7) is 3.20. The topological polar surface area (TPSA) is 97.1 Å². The fourth-order valence-electron chi connectivity index (χ4n) is 2.32. The van der Waals surface area contributed by atoms with Gasteiger partial charge in [-0.1, -0.05) is 0 Å². The van der Waals surface area contributed by atoms with E-state index in [4.69, 9.17) is 4.74 Å². The van der Waals surface area contributed by atoms with Crippen molar-refractivity contribution in [3.8, 4) is 0 Å². The molecule has 0 radical (unpaired) electrons. The van der Waals surface area contributed by atoms with Gasteiger partial charge in [0.2, 0.25) is 0 Å². The molecule has 1 aliphatic rings. The molecule has 3 rings (SSSR count). The van der Waals surface area contributed by atoms with Gasteiger partial charge in [0.1, 0.15) is 0 Å². The number of hydrogen-bond donors (Lipinski definition) is 1. The third-order valence-corrected chi connectivity index (χ3v) is 4.71. The van der Waals surface area contributed by atoms with Gasteiger partial charge in [-0.3, -0.25) is 14.9 Å². The fraction of sp³-hybridized carbons (Fsp3) is 0.250. The second-order valence-corrected chi connectivity index (χ2v) is 6.37. The minimum Gasteiger partial charge on any atom is -0.378 e. The number of nitro benzene ring substituents is 1. The first-order chi connectivity index (χ1) is 12.1. The van der Waals surface area contributed by atoms with Crippen LogP contribution in [0.1, 0.15) is 15.2 Å².